The van der Waals surface area contributed by atoms with E-state index < -0.39 is 0 Å². The topological polar surface area (TPSA) is 34.1 Å². The lowest BCUT2D eigenvalue weighted by Gasteiger charge is -2.17. The van der Waals surface area contributed by atoms with Crippen molar-refractivity contribution in [2.24, 2.45) is 11.8 Å². The van der Waals surface area contributed by atoms with Gasteiger partial charge in [0.25, 0.3) is 0 Å². The van der Waals surface area contributed by atoms with E-state index in [4.69, 9.17) is 0 Å². The summed E-state index contributed by atoms with van der Waals surface area (Å²) < 4.78 is 0. The molecule has 0 aromatic heterocycles. The fraction of sp³-hybridized carbons (Fsp3) is 0.263. The highest BCUT2D eigenvalue weighted by Crippen LogP contribution is 2.36. The van der Waals surface area contributed by atoms with Crippen molar-refractivity contribution < 1.29 is 9.59 Å². The van der Waals surface area contributed by atoms with Crippen LogP contribution in [0.15, 0.2) is 60.7 Å². The highest BCUT2D eigenvalue weighted by molar-refractivity contribution is 6.05. The number of ketones is 2. The first-order valence-electron chi connectivity index (χ1n) is 7.46. The molecule has 0 radical (unpaired) electrons. The molecule has 0 bridgehead atoms. The van der Waals surface area contributed by atoms with Gasteiger partial charge in [0.05, 0.1) is 0 Å². The Hall–Kier alpha value is -2.22. The summed E-state index contributed by atoms with van der Waals surface area (Å²) >= 11 is 0. The first-order valence-corrected chi connectivity index (χ1v) is 7.46. The van der Waals surface area contributed by atoms with Gasteiger partial charge in [0.2, 0.25) is 0 Å². The van der Waals surface area contributed by atoms with E-state index in [1.165, 1.54) is 0 Å². The number of hydrogen-bond donors (Lipinski definition) is 0. The Kier molecular flexibility index (Phi) is 3.96. The van der Waals surface area contributed by atoms with E-state index >= 15 is 0 Å². The fourth-order valence-corrected chi connectivity index (χ4v) is 3.22. The van der Waals surface area contributed by atoms with Crippen molar-refractivity contribution in [3.63, 3.8) is 0 Å². The van der Waals surface area contributed by atoms with Crippen molar-refractivity contribution in [3.8, 4) is 0 Å². The molecule has 3 rings (SSSR count). The largest absolute Gasteiger partial charge is 0.294 e. The van der Waals surface area contributed by atoms with E-state index in [2.05, 4.69) is 0 Å². The molecular formula is C19H18O2. The van der Waals surface area contributed by atoms with Gasteiger partial charge in [-0.05, 0) is 12.8 Å². The van der Waals surface area contributed by atoms with E-state index in [0.29, 0.717) is 0 Å². The van der Waals surface area contributed by atoms with Crippen LogP contribution in [0, 0.1) is 11.8 Å². The van der Waals surface area contributed by atoms with Crippen molar-refractivity contribution in [1.29, 1.82) is 0 Å². The summed E-state index contributed by atoms with van der Waals surface area (Å²) in [6, 6.07) is 18.6. The van der Waals surface area contributed by atoms with Gasteiger partial charge < -0.3 is 0 Å². The quantitative estimate of drug-likeness (QED) is 0.787. The maximum Gasteiger partial charge on any atom is 0.166 e. The Morgan fingerprint density at radius 2 is 1.05 bits per heavy atom. The maximum absolute atomic E-state index is 12.6. The van der Waals surface area contributed by atoms with Crippen LogP contribution in [0.25, 0.3) is 0 Å². The van der Waals surface area contributed by atoms with Gasteiger partial charge in [-0.15, -0.1) is 0 Å². The third kappa shape index (κ3) is 2.80. The van der Waals surface area contributed by atoms with Crippen molar-refractivity contribution in [2.75, 3.05) is 0 Å². The summed E-state index contributed by atoms with van der Waals surface area (Å²) in [5.74, 6) is -0.107. The number of carbonyl (C=O) groups excluding carboxylic acids is 2. The molecule has 21 heavy (non-hydrogen) atoms. The average Bonchev–Trinajstić information content (AvgIpc) is 3.04. The van der Waals surface area contributed by atoms with Crippen LogP contribution in [-0.4, -0.2) is 11.6 Å². The van der Waals surface area contributed by atoms with Crippen molar-refractivity contribution in [1.82, 2.24) is 0 Å². The number of rotatable bonds is 4. The van der Waals surface area contributed by atoms with E-state index in [1.807, 2.05) is 60.7 Å². The van der Waals surface area contributed by atoms with Gasteiger partial charge in [0.1, 0.15) is 0 Å². The van der Waals surface area contributed by atoms with Gasteiger partial charge in [0.15, 0.2) is 11.6 Å². The molecular weight excluding hydrogens is 260 g/mol. The van der Waals surface area contributed by atoms with Gasteiger partial charge in [-0.2, -0.15) is 0 Å². The van der Waals surface area contributed by atoms with Crippen LogP contribution < -0.4 is 0 Å². The van der Waals surface area contributed by atoms with E-state index in [1.54, 1.807) is 0 Å². The van der Waals surface area contributed by atoms with Crippen LogP contribution in [0.5, 0.6) is 0 Å². The van der Waals surface area contributed by atoms with Gasteiger partial charge in [-0.1, -0.05) is 67.1 Å². The normalized spacial score (nSPS) is 21.1. The molecule has 0 amide bonds. The Bertz CT molecular complexity index is 574. The molecule has 2 atom stereocenters. The summed E-state index contributed by atoms with van der Waals surface area (Å²) in [5.41, 5.74) is 1.44. The lowest BCUT2D eigenvalue weighted by molar-refractivity contribution is 0.0794. The summed E-state index contributed by atoms with van der Waals surface area (Å²) in [6.45, 7) is 0. The zero-order valence-corrected chi connectivity index (χ0v) is 11.9. The summed E-state index contributed by atoms with van der Waals surface area (Å²) in [7, 11) is 0. The number of Topliss-reactive ketones (excluding diaryl/α,β-unsaturated/α-hetero) is 2. The fourth-order valence-electron chi connectivity index (χ4n) is 3.22. The monoisotopic (exact) mass is 278 g/mol. The molecule has 0 saturated heterocycles. The molecule has 0 spiro atoms. The molecule has 2 aromatic carbocycles. The Labute approximate surface area is 124 Å². The van der Waals surface area contributed by atoms with Crippen molar-refractivity contribution in [2.45, 2.75) is 19.3 Å². The van der Waals surface area contributed by atoms with Crippen LogP contribution in [0.2, 0.25) is 0 Å². The van der Waals surface area contributed by atoms with Crippen molar-refractivity contribution >= 4 is 11.6 Å². The summed E-state index contributed by atoms with van der Waals surface area (Å²) in [5, 5.41) is 0. The van der Waals surface area contributed by atoms with Gasteiger partial charge >= 0.3 is 0 Å². The number of benzene rings is 2. The smallest absolute Gasteiger partial charge is 0.166 e. The molecule has 0 heterocycles. The zero-order valence-electron chi connectivity index (χ0n) is 11.9. The Morgan fingerprint density at radius 1 is 0.667 bits per heavy atom. The molecule has 0 aliphatic heterocycles. The van der Waals surface area contributed by atoms with Gasteiger partial charge in [-0.3, -0.25) is 9.59 Å². The summed E-state index contributed by atoms with van der Waals surface area (Å²) in [6.07, 6.45) is 2.58. The molecule has 2 unspecified atom stereocenters. The third-order valence-corrected chi connectivity index (χ3v) is 4.31. The van der Waals surface area contributed by atoms with Crippen LogP contribution in [-0.2, 0) is 0 Å². The van der Waals surface area contributed by atoms with Crippen LogP contribution in [0.3, 0.4) is 0 Å². The average molecular weight is 278 g/mol. The molecule has 1 saturated carbocycles. The number of hydrogen-bond acceptors (Lipinski definition) is 2. The minimum absolute atomic E-state index is 0.113. The third-order valence-electron chi connectivity index (χ3n) is 4.31. The molecule has 2 heteroatoms. The second-order valence-electron chi connectivity index (χ2n) is 5.60. The van der Waals surface area contributed by atoms with Crippen LogP contribution in [0.4, 0.5) is 0 Å². The Morgan fingerprint density at radius 3 is 1.43 bits per heavy atom. The Balaban J connectivity index is 1.83. The predicted octanol–water partition coefficient (Wildman–Crippen LogP) is 4.17. The molecule has 2 aromatic rings. The maximum atomic E-state index is 12.6. The highest BCUT2D eigenvalue weighted by Gasteiger charge is 2.38. The van der Waals surface area contributed by atoms with Crippen LogP contribution in [0.1, 0.15) is 40.0 Å². The SMILES string of the molecule is O=C(c1ccccc1)C1CCCC1C(=O)c1ccccc1. The lowest BCUT2D eigenvalue weighted by atomic mass is 9.83. The second-order valence-corrected chi connectivity index (χ2v) is 5.60. The van der Waals surface area contributed by atoms with Crippen molar-refractivity contribution in [3.05, 3.63) is 71.8 Å². The molecule has 2 nitrogen and oxygen atoms in total. The molecule has 1 aliphatic rings. The first-order chi connectivity index (χ1) is 10.3. The van der Waals surface area contributed by atoms with Crippen LogP contribution >= 0.6 is 0 Å². The lowest BCUT2D eigenvalue weighted by Crippen LogP contribution is -2.25. The summed E-state index contributed by atoms with van der Waals surface area (Å²) in [4.78, 5) is 25.3. The number of carbonyl (C=O) groups is 2. The standard InChI is InChI=1S/C19H18O2/c20-18(14-8-3-1-4-9-14)16-12-7-13-17(16)19(21)15-10-5-2-6-11-15/h1-6,8-11,16-17H,7,12-13H2. The molecule has 106 valence electrons. The second kappa shape index (κ2) is 6.04. The van der Waals surface area contributed by atoms with Gasteiger partial charge in [0, 0.05) is 23.0 Å². The minimum atomic E-state index is -0.167. The molecule has 1 aliphatic carbocycles. The van der Waals surface area contributed by atoms with E-state index in [0.717, 1.165) is 30.4 Å². The van der Waals surface area contributed by atoms with E-state index in [-0.39, 0.29) is 23.4 Å². The molecule has 0 N–H and O–H groups in total. The van der Waals surface area contributed by atoms with Gasteiger partial charge in [-0.25, -0.2) is 0 Å². The minimum Gasteiger partial charge on any atom is -0.294 e. The highest BCUT2D eigenvalue weighted by atomic mass is 16.1. The predicted molar refractivity (Wildman–Crippen MR) is 82.4 cm³/mol. The van der Waals surface area contributed by atoms with E-state index in [9.17, 15) is 9.59 Å². The molecule has 1 fully saturated rings. The first kappa shape index (κ1) is 13.7. The zero-order chi connectivity index (χ0) is 14.7.